The van der Waals surface area contributed by atoms with Gasteiger partial charge in [0, 0.05) is 12.0 Å². The van der Waals surface area contributed by atoms with E-state index in [9.17, 15) is 13.6 Å². The highest BCUT2D eigenvalue weighted by Gasteiger charge is 2.54. The number of hydrogen-bond donors (Lipinski definition) is 0. The first-order valence-corrected chi connectivity index (χ1v) is 7.96. The van der Waals surface area contributed by atoms with Crippen LogP contribution in [0.1, 0.15) is 43.7 Å². The number of nitrogens with zero attached hydrogens (tertiary/aromatic N) is 1. The van der Waals surface area contributed by atoms with Gasteiger partial charge in [-0.2, -0.15) is 0 Å². The molecular weight excluding hydrogens is 288 g/mol. The van der Waals surface area contributed by atoms with Crippen molar-refractivity contribution in [3.63, 3.8) is 0 Å². The zero-order valence-electron chi connectivity index (χ0n) is 12.3. The largest absolute Gasteiger partial charge is 0.488 e. The number of likely N-dealkylation sites (tertiary alicyclic amines) is 1. The summed E-state index contributed by atoms with van der Waals surface area (Å²) < 4.78 is 33.2. The highest BCUT2D eigenvalue weighted by Crippen LogP contribution is 2.50. The molecule has 1 amide bonds. The van der Waals surface area contributed by atoms with Crippen molar-refractivity contribution in [2.75, 3.05) is 6.54 Å². The van der Waals surface area contributed by atoms with Crippen molar-refractivity contribution in [3.8, 4) is 5.75 Å². The fraction of sp³-hybridized carbons (Fsp3) is 0.588. The average molecular weight is 307 g/mol. The molecule has 0 radical (unpaired) electrons. The number of halogens is 2. The van der Waals surface area contributed by atoms with Crippen LogP contribution < -0.4 is 4.74 Å². The Morgan fingerprint density at radius 3 is 2.73 bits per heavy atom. The molecule has 22 heavy (non-hydrogen) atoms. The second-order valence-corrected chi connectivity index (χ2v) is 6.65. The van der Waals surface area contributed by atoms with Crippen molar-refractivity contribution in [2.45, 2.75) is 50.7 Å². The summed E-state index contributed by atoms with van der Waals surface area (Å²) >= 11 is 0. The number of amides is 1. The molecule has 1 aromatic rings. The van der Waals surface area contributed by atoms with Gasteiger partial charge in [-0.15, -0.1) is 0 Å². The number of alkyl halides is 2. The van der Waals surface area contributed by atoms with Gasteiger partial charge in [-0.3, -0.25) is 4.79 Å². The maximum Gasteiger partial charge on any atom is 0.252 e. The van der Waals surface area contributed by atoms with Gasteiger partial charge in [0.15, 0.2) is 0 Å². The Hall–Kier alpha value is -1.65. The summed E-state index contributed by atoms with van der Waals surface area (Å²) in [6, 6.07) is 7.51. The van der Waals surface area contributed by atoms with Crippen LogP contribution in [0.4, 0.5) is 8.78 Å². The third-order valence-electron chi connectivity index (χ3n) is 5.43. The molecule has 2 bridgehead atoms. The first-order chi connectivity index (χ1) is 10.6. The van der Waals surface area contributed by atoms with Crippen molar-refractivity contribution < 1.29 is 18.3 Å². The number of benzene rings is 1. The molecule has 0 N–H and O–H groups in total. The number of rotatable bonds is 2. The van der Waals surface area contributed by atoms with E-state index < -0.39 is 11.8 Å². The second-order valence-electron chi connectivity index (χ2n) is 6.65. The van der Waals surface area contributed by atoms with Crippen LogP contribution in [0.2, 0.25) is 0 Å². The van der Waals surface area contributed by atoms with Gasteiger partial charge in [-0.1, -0.05) is 31.0 Å². The Balaban J connectivity index is 1.68. The van der Waals surface area contributed by atoms with E-state index in [1.807, 2.05) is 24.3 Å². The molecule has 2 heterocycles. The average Bonchev–Trinajstić information content (AvgIpc) is 3.13. The minimum atomic E-state index is -2.58. The molecule has 0 unspecified atom stereocenters. The highest BCUT2D eigenvalue weighted by molar-refractivity contribution is 5.84. The van der Waals surface area contributed by atoms with Crippen LogP contribution in [0, 0.1) is 5.41 Å². The van der Waals surface area contributed by atoms with Crippen molar-refractivity contribution in [1.29, 1.82) is 0 Å². The van der Waals surface area contributed by atoms with E-state index in [2.05, 4.69) is 0 Å². The lowest BCUT2D eigenvalue weighted by atomic mass is 9.84. The van der Waals surface area contributed by atoms with Crippen LogP contribution in [-0.4, -0.2) is 29.9 Å². The molecule has 3 nitrogen and oxygen atoms in total. The van der Waals surface area contributed by atoms with Crippen LogP contribution in [0.5, 0.6) is 5.75 Å². The minimum absolute atomic E-state index is 0.0695. The Morgan fingerprint density at radius 1 is 1.27 bits per heavy atom. The number of hydrogen-bond acceptors (Lipinski definition) is 2. The normalized spacial score (nSPS) is 28.6. The summed E-state index contributed by atoms with van der Waals surface area (Å²) in [5, 5.41) is 0. The second kappa shape index (κ2) is 4.93. The summed E-state index contributed by atoms with van der Waals surface area (Å²) in [4.78, 5) is 14.6. The summed E-state index contributed by atoms with van der Waals surface area (Å²) in [6.07, 6.45) is 0.0945. The predicted octanol–water partition coefficient (Wildman–Crippen LogP) is 3.55. The molecule has 2 aliphatic heterocycles. The number of carbonyl (C=O) groups excluding carboxylic acids is 1. The lowest BCUT2D eigenvalue weighted by molar-refractivity contribution is -0.153. The van der Waals surface area contributed by atoms with Crippen LogP contribution in [0.3, 0.4) is 0 Å². The molecule has 2 fully saturated rings. The molecule has 1 aromatic carbocycles. The first-order valence-electron chi connectivity index (χ1n) is 7.96. The van der Waals surface area contributed by atoms with Crippen molar-refractivity contribution in [2.24, 2.45) is 5.41 Å². The van der Waals surface area contributed by atoms with Gasteiger partial charge >= 0.3 is 0 Å². The van der Waals surface area contributed by atoms with Gasteiger partial charge in [0.1, 0.15) is 17.3 Å². The molecule has 118 valence electrons. The number of ether oxygens (including phenoxy) is 1. The number of para-hydroxylation sites is 1. The van der Waals surface area contributed by atoms with Crippen LogP contribution in [0.25, 0.3) is 0 Å². The van der Waals surface area contributed by atoms with Crippen molar-refractivity contribution in [3.05, 3.63) is 29.8 Å². The zero-order chi connectivity index (χ0) is 15.3. The van der Waals surface area contributed by atoms with Crippen LogP contribution in [-0.2, 0) is 4.79 Å². The molecule has 0 aromatic heterocycles. The minimum Gasteiger partial charge on any atom is -0.488 e. The Bertz CT molecular complexity index is 598. The summed E-state index contributed by atoms with van der Waals surface area (Å²) in [7, 11) is 0. The molecule has 2 atom stereocenters. The fourth-order valence-corrected chi connectivity index (χ4v) is 4.26. The van der Waals surface area contributed by atoms with Crippen molar-refractivity contribution >= 4 is 5.91 Å². The smallest absolute Gasteiger partial charge is 0.252 e. The zero-order valence-corrected chi connectivity index (χ0v) is 12.3. The van der Waals surface area contributed by atoms with E-state index in [0.29, 0.717) is 38.6 Å². The third kappa shape index (κ3) is 1.87. The molecule has 1 aliphatic carbocycles. The number of fused-ring (bicyclic) bond motifs is 4. The summed E-state index contributed by atoms with van der Waals surface area (Å²) in [5.74, 6) is 0.421. The first kappa shape index (κ1) is 14.0. The van der Waals surface area contributed by atoms with Gasteiger partial charge in [0.25, 0.3) is 6.43 Å². The van der Waals surface area contributed by atoms with E-state index >= 15 is 0 Å². The Labute approximate surface area is 128 Å². The monoisotopic (exact) mass is 307 g/mol. The molecule has 1 saturated carbocycles. The molecule has 4 rings (SSSR count). The van der Waals surface area contributed by atoms with E-state index in [1.54, 1.807) is 4.90 Å². The van der Waals surface area contributed by atoms with E-state index in [1.165, 1.54) is 0 Å². The fourth-order valence-electron chi connectivity index (χ4n) is 4.26. The lowest BCUT2D eigenvalue weighted by Gasteiger charge is -2.34. The van der Waals surface area contributed by atoms with E-state index in [4.69, 9.17) is 4.74 Å². The van der Waals surface area contributed by atoms with E-state index in [-0.39, 0.29) is 18.1 Å². The Morgan fingerprint density at radius 2 is 2.00 bits per heavy atom. The predicted molar refractivity (Wildman–Crippen MR) is 76.8 cm³/mol. The van der Waals surface area contributed by atoms with Gasteiger partial charge in [-0.05, 0) is 18.9 Å². The van der Waals surface area contributed by atoms with Gasteiger partial charge in [0.2, 0.25) is 5.91 Å². The van der Waals surface area contributed by atoms with Gasteiger partial charge < -0.3 is 9.64 Å². The molecule has 0 spiro atoms. The molecule has 3 aliphatic rings. The van der Waals surface area contributed by atoms with Crippen LogP contribution in [0.15, 0.2) is 24.3 Å². The van der Waals surface area contributed by atoms with Crippen LogP contribution >= 0.6 is 0 Å². The topological polar surface area (TPSA) is 29.5 Å². The molecular formula is C17H19F2NO2. The number of carbonyl (C=O) groups is 1. The Kier molecular flexibility index (Phi) is 3.13. The standard InChI is InChI=1S/C17H19F2NO2/c18-15(19)17(7-3-4-8-17)16(21)20-10-11-9-13(20)12-5-1-2-6-14(12)22-11/h1-2,5-6,11,13,15H,3-4,7-10H2/t11-,13-/m0/s1. The third-order valence-corrected chi connectivity index (χ3v) is 5.43. The van der Waals surface area contributed by atoms with E-state index in [0.717, 1.165) is 11.3 Å². The lowest BCUT2D eigenvalue weighted by Crippen LogP contribution is -2.46. The van der Waals surface area contributed by atoms with Gasteiger partial charge in [0.05, 0.1) is 12.6 Å². The molecule has 1 saturated heterocycles. The van der Waals surface area contributed by atoms with Gasteiger partial charge in [-0.25, -0.2) is 8.78 Å². The molecule has 5 heteroatoms. The SMILES string of the molecule is O=C(N1C[C@@H]2C[C@H]1c1ccccc1O2)C1(C(F)F)CCCC1. The quantitative estimate of drug-likeness (QED) is 0.836. The van der Waals surface area contributed by atoms with Crippen molar-refractivity contribution in [1.82, 2.24) is 4.90 Å². The highest BCUT2D eigenvalue weighted by atomic mass is 19.3. The summed E-state index contributed by atoms with van der Waals surface area (Å²) in [6.45, 7) is 0.423. The summed E-state index contributed by atoms with van der Waals surface area (Å²) in [5.41, 5.74) is -0.515. The maximum absolute atomic E-state index is 13.7. The maximum atomic E-state index is 13.7.